The van der Waals surface area contributed by atoms with Gasteiger partial charge >= 0.3 is 0 Å². The summed E-state index contributed by atoms with van der Waals surface area (Å²) in [6, 6.07) is 0. The van der Waals surface area contributed by atoms with Crippen LogP contribution in [-0.2, 0) is 5.88 Å². The van der Waals surface area contributed by atoms with Crippen molar-refractivity contribution in [3.05, 3.63) is 30.0 Å². The van der Waals surface area contributed by atoms with Gasteiger partial charge in [0.15, 0.2) is 5.65 Å². The van der Waals surface area contributed by atoms with Crippen molar-refractivity contribution in [2.45, 2.75) is 12.8 Å². The van der Waals surface area contributed by atoms with Crippen molar-refractivity contribution in [1.29, 1.82) is 0 Å². The molecule has 0 atom stereocenters. The second-order valence-electron chi connectivity index (χ2n) is 2.61. The molecule has 0 fully saturated rings. The van der Waals surface area contributed by atoms with Gasteiger partial charge in [0.2, 0.25) is 0 Å². The highest BCUT2D eigenvalue weighted by atomic mass is 35.5. The number of aromatic nitrogens is 3. The van der Waals surface area contributed by atoms with Gasteiger partial charge in [-0.2, -0.15) is 0 Å². The molecule has 0 saturated carbocycles. The highest BCUT2D eigenvalue weighted by Crippen LogP contribution is 2.08. The van der Waals surface area contributed by atoms with Crippen LogP contribution in [0.4, 0.5) is 0 Å². The molecule has 0 aliphatic carbocycles. The van der Waals surface area contributed by atoms with Gasteiger partial charge in [-0.25, -0.2) is 4.98 Å². The van der Waals surface area contributed by atoms with E-state index in [9.17, 15) is 0 Å². The van der Waals surface area contributed by atoms with Gasteiger partial charge < -0.3 is 4.40 Å². The van der Waals surface area contributed by atoms with Gasteiger partial charge in [0.05, 0.1) is 17.3 Å². The summed E-state index contributed by atoms with van der Waals surface area (Å²) in [5.41, 5.74) is 2.69. The summed E-state index contributed by atoms with van der Waals surface area (Å²) in [4.78, 5) is 8.43. The molecule has 0 aliphatic heterocycles. The highest BCUT2D eigenvalue weighted by molar-refractivity contribution is 6.16. The van der Waals surface area contributed by atoms with E-state index in [-0.39, 0.29) is 0 Å². The van der Waals surface area contributed by atoms with Gasteiger partial charge in [0.1, 0.15) is 0 Å². The fraction of sp³-hybridized carbons (Fsp3) is 0.250. The predicted molar refractivity (Wildman–Crippen MR) is 47.3 cm³/mol. The molecule has 0 unspecified atom stereocenters. The smallest absolute Gasteiger partial charge is 0.158 e. The minimum atomic E-state index is 0.446. The third-order valence-electron chi connectivity index (χ3n) is 1.74. The lowest BCUT2D eigenvalue weighted by Gasteiger charge is -1.93. The number of hydrogen-bond donors (Lipinski definition) is 0. The Morgan fingerprint density at radius 2 is 2.42 bits per heavy atom. The van der Waals surface area contributed by atoms with Gasteiger partial charge in [-0.1, -0.05) is 0 Å². The Balaban J connectivity index is 2.74. The first-order valence-electron chi connectivity index (χ1n) is 3.66. The Bertz CT molecular complexity index is 408. The van der Waals surface area contributed by atoms with Gasteiger partial charge in [0.25, 0.3) is 0 Å². The average Bonchev–Trinajstić information content (AvgIpc) is 2.49. The quantitative estimate of drug-likeness (QED) is 0.628. The van der Waals surface area contributed by atoms with Crippen molar-refractivity contribution in [2.75, 3.05) is 0 Å². The third kappa shape index (κ3) is 1.06. The molecule has 0 bridgehead atoms. The minimum absolute atomic E-state index is 0.446. The minimum Gasteiger partial charge on any atom is -0.304 e. The van der Waals surface area contributed by atoms with Crippen LogP contribution in [0.1, 0.15) is 11.4 Å². The number of rotatable bonds is 1. The Morgan fingerprint density at radius 3 is 3.08 bits per heavy atom. The van der Waals surface area contributed by atoms with Crippen LogP contribution in [0.2, 0.25) is 0 Å². The first-order valence-corrected chi connectivity index (χ1v) is 4.20. The lowest BCUT2D eigenvalue weighted by molar-refractivity contribution is 1.08. The van der Waals surface area contributed by atoms with Crippen molar-refractivity contribution in [3.63, 3.8) is 0 Å². The van der Waals surface area contributed by atoms with E-state index in [4.69, 9.17) is 11.6 Å². The van der Waals surface area contributed by atoms with E-state index in [1.165, 1.54) is 0 Å². The highest BCUT2D eigenvalue weighted by Gasteiger charge is 2.02. The standard InChI is InChI=1S/C8H8ClN3/c1-6-8-11-7(4-9)5-12(8)3-2-10-6/h2-3,5H,4H2,1H3. The maximum atomic E-state index is 5.65. The zero-order chi connectivity index (χ0) is 8.55. The lowest BCUT2D eigenvalue weighted by Crippen LogP contribution is -1.88. The first-order chi connectivity index (χ1) is 5.81. The van der Waals surface area contributed by atoms with Crippen molar-refractivity contribution in [2.24, 2.45) is 0 Å². The van der Waals surface area contributed by atoms with Crippen molar-refractivity contribution in [3.8, 4) is 0 Å². The molecule has 4 heteroatoms. The molecule has 62 valence electrons. The Morgan fingerprint density at radius 1 is 1.58 bits per heavy atom. The van der Waals surface area contributed by atoms with Gasteiger partial charge in [0, 0.05) is 18.6 Å². The van der Waals surface area contributed by atoms with Crippen LogP contribution in [-0.4, -0.2) is 14.4 Å². The molecule has 0 amide bonds. The molecule has 0 N–H and O–H groups in total. The van der Waals surface area contributed by atoms with E-state index >= 15 is 0 Å². The topological polar surface area (TPSA) is 30.2 Å². The number of alkyl halides is 1. The number of nitrogens with zero attached hydrogens (tertiary/aromatic N) is 3. The molecular formula is C8H8ClN3. The summed E-state index contributed by atoms with van der Waals surface area (Å²) >= 11 is 5.65. The molecule has 2 aromatic rings. The second-order valence-corrected chi connectivity index (χ2v) is 2.88. The van der Waals surface area contributed by atoms with E-state index in [1.54, 1.807) is 6.20 Å². The van der Waals surface area contributed by atoms with Gasteiger partial charge in [-0.05, 0) is 6.92 Å². The van der Waals surface area contributed by atoms with E-state index in [2.05, 4.69) is 9.97 Å². The lowest BCUT2D eigenvalue weighted by atomic mass is 10.5. The van der Waals surface area contributed by atoms with Crippen LogP contribution < -0.4 is 0 Å². The number of hydrogen-bond acceptors (Lipinski definition) is 2. The summed E-state index contributed by atoms with van der Waals surface area (Å²) in [5.74, 6) is 0.446. The molecule has 2 heterocycles. The molecule has 12 heavy (non-hydrogen) atoms. The first kappa shape index (κ1) is 7.55. The van der Waals surface area contributed by atoms with Crippen LogP contribution >= 0.6 is 11.6 Å². The molecule has 0 saturated heterocycles. The summed E-state index contributed by atoms with van der Waals surface area (Å²) in [6.07, 6.45) is 5.53. The molecule has 2 rings (SSSR count). The molecule has 0 aliphatic rings. The largest absolute Gasteiger partial charge is 0.304 e. The fourth-order valence-electron chi connectivity index (χ4n) is 1.16. The average molecular weight is 182 g/mol. The number of fused-ring (bicyclic) bond motifs is 1. The Kier molecular flexibility index (Phi) is 1.73. The van der Waals surface area contributed by atoms with E-state index in [0.29, 0.717) is 5.88 Å². The molecule has 3 nitrogen and oxygen atoms in total. The van der Waals surface area contributed by atoms with Crippen LogP contribution in [0.5, 0.6) is 0 Å². The molecule has 0 spiro atoms. The Hall–Kier alpha value is -1.09. The monoisotopic (exact) mass is 181 g/mol. The summed E-state index contributed by atoms with van der Waals surface area (Å²) in [7, 11) is 0. The van der Waals surface area contributed by atoms with Crippen LogP contribution in [0.3, 0.4) is 0 Å². The molecule has 0 radical (unpaired) electrons. The van der Waals surface area contributed by atoms with Gasteiger partial charge in [-0.3, -0.25) is 4.98 Å². The zero-order valence-corrected chi connectivity index (χ0v) is 7.41. The van der Waals surface area contributed by atoms with Crippen LogP contribution in [0.25, 0.3) is 5.65 Å². The molecule has 0 aromatic carbocycles. The van der Waals surface area contributed by atoms with Crippen molar-refractivity contribution in [1.82, 2.24) is 14.4 Å². The molecular weight excluding hydrogens is 174 g/mol. The summed E-state index contributed by atoms with van der Waals surface area (Å²) < 4.78 is 1.93. The van der Waals surface area contributed by atoms with E-state index in [1.807, 2.05) is 23.7 Å². The number of imidazole rings is 1. The van der Waals surface area contributed by atoms with Crippen LogP contribution in [0.15, 0.2) is 18.6 Å². The maximum absolute atomic E-state index is 5.65. The van der Waals surface area contributed by atoms with Crippen LogP contribution in [0, 0.1) is 6.92 Å². The predicted octanol–water partition coefficient (Wildman–Crippen LogP) is 1.78. The normalized spacial score (nSPS) is 10.8. The number of aryl methyl sites for hydroxylation is 1. The second kappa shape index (κ2) is 2.75. The summed E-state index contributed by atoms with van der Waals surface area (Å²) in [5, 5.41) is 0. The van der Waals surface area contributed by atoms with E-state index < -0.39 is 0 Å². The SMILES string of the molecule is Cc1nccn2cc(CCl)nc12. The van der Waals surface area contributed by atoms with E-state index in [0.717, 1.165) is 17.0 Å². The number of halogens is 1. The van der Waals surface area contributed by atoms with Crippen molar-refractivity contribution < 1.29 is 0 Å². The molecule has 2 aromatic heterocycles. The maximum Gasteiger partial charge on any atom is 0.158 e. The third-order valence-corrected chi connectivity index (χ3v) is 2.01. The van der Waals surface area contributed by atoms with Crippen molar-refractivity contribution >= 4 is 17.2 Å². The zero-order valence-electron chi connectivity index (χ0n) is 6.66. The summed E-state index contributed by atoms with van der Waals surface area (Å²) in [6.45, 7) is 1.93. The Labute approximate surface area is 75.0 Å². The van der Waals surface area contributed by atoms with Gasteiger partial charge in [-0.15, -0.1) is 11.6 Å². The fourth-order valence-corrected chi connectivity index (χ4v) is 1.29.